The summed E-state index contributed by atoms with van der Waals surface area (Å²) in [5.74, 6) is -2.34. The Balaban J connectivity index is 2.57. The molecule has 1 rings (SSSR count). The van der Waals surface area contributed by atoms with E-state index in [1.807, 2.05) is 13.8 Å². The van der Waals surface area contributed by atoms with E-state index >= 15 is 0 Å². The highest BCUT2D eigenvalue weighted by atomic mass is 32.1. The molecule has 0 bridgehead atoms. The smallest absolute Gasteiger partial charge is 0.248 e. The second-order valence-corrected chi connectivity index (χ2v) is 5.31. The van der Waals surface area contributed by atoms with Gasteiger partial charge in [0.15, 0.2) is 0 Å². The Morgan fingerprint density at radius 1 is 1.36 bits per heavy atom. The summed E-state index contributed by atoms with van der Waals surface area (Å²) >= 11 is 4.00. The van der Waals surface area contributed by atoms with E-state index in [9.17, 15) is 13.9 Å². The summed E-state index contributed by atoms with van der Waals surface area (Å²) in [6.07, 6.45) is 0.860. The topological polar surface area (TPSA) is 20.2 Å². The molecule has 1 N–H and O–H groups in total. The summed E-state index contributed by atoms with van der Waals surface area (Å²) in [7, 11) is 0. The van der Waals surface area contributed by atoms with Crippen LogP contribution in [0.5, 0.6) is 0 Å². The molecule has 4 heteroatoms. The summed E-state index contributed by atoms with van der Waals surface area (Å²) in [5, 5.41) is 9.44. The average molecular weight is 224 g/mol. The van der Waals surface area contributed by atoms with E-state index in [1.165, 1.54) is 0 Å². The van der Waals surface area contributed by atoms with Crippen LogP contribution in [-0.4, -0.2) is 16.5 Å². The van der Waals surface area contributed by atoms with Crippen molar-refractivity contribution in [2.75, 3.05) is 0 Å². The molecule has 1 unspecified atom stereocenters. The van der Waals surface area contributed by atoms with Crippen LogP contribution in [0.15, 0.2) is 0 Å². The normalized spacial score (nSPS) is 26.1. The quantitative estimate of drug-likeness (QED) is 0.545. The maximum Gasteiger partial charge on any atom is 0.248 e. The highest BCUT2D eigenvalue weighted by molar-refractivity contribution is 7.80. The molecule has 0 aliphatic heterocycles. The fraction of sp³-hybridized carbons (Fsp3) is 1.00. The third-order valence-electron chi connectivity index (χ3n) is 3.43. The monoisotopic (exact) mass is 224 g/mol. The molecule has 1 fully saturated rings. The van der Waals surface area contributed by atoms with E-state index in [0.717, 1.165) is 0 Å². The fourth-order valence-electron chi connectivity index (χ4n) is 1.99. The molecule has 0 heterocycles. The van der Waals surface area contributed by atoms with Gasteiger partial charge in [-0.1, -0.05) is 13.8 Å². The molecule has 14 heavy (non-hydrogen) atoms. The lowest BCUT2D eigenvalue weighted by Crippen LogP contribution is -2.38. The maximum atomic E-state index is 12.9. The molecule has 1 aliphatic rings. The van der Waals surface area contributed by atoms with Crippen molar-refractivity contribution in [3.63, 3.8) is 0 Å². The van der Waals surface area contributed by atoms with Gasteiger partial charge in [-0.15, -0.1) is 12.6 Å². The minimum absolute atomic E-state index is 0.0540. The van der Waals surface area contributed by atoms with E-state index in [0.29, 0.717) is 12.8 Å². The summed E-state index contributed by atoms with van der Waals surface area (Å²) in [6, 6.07) is 0. The van der Waals surface area contributed by atoms with Gasteiger partial charge in [-0.25, -0.2) is 8.78 Å². The van der Waals surface area contributed by atoms with Gasteiger partial charge in [0.1, 0.15) is 5.44 Å². The van der Waals surface area contributed by atoms with Crippen LogP contribution >= 0.6 is 12.6 Å². The van der Waals surface area contributed by atoms with Crippen LogP contribution in [-0.2, 0) is 0 Å². The largest absolute Gasteiger partial charge is 0.382 e. The zero-order valence-electron chi connectivity index (χ0n) is 8.63. The van der Waals surface area contributed by atoms with Crippen molar-refractivity contribution in [2.45, 2.75) is 50.9 Å². The van der Waals surface area contributed by atoms with Crippen LogP contribution < -0.4 is 0 Å². The van der Waals surface area contributed by atoms with E-state index in [4.69, 9.17) is 0 Å². The van der Waals surface area contributed by atoms with Crippen LogP contribution in [0.2, 0.25) is 0 Å². The van der Waals surface area contributed by atoms with Gasteiger partial charge >= 0.3 is 0 Å². The SMILES string of the molecule is CC(C)(C(O)S)C1CCC(F)(F)CC1. The molecule has 1 saturated carbocycles. The lowest BCUT2D eigenvalue weighted by atomic mass is 9.70. The van der Waals surface area contributed by atoms with E-state index in [2.05, 4.69) is 12.6 Å². The minimum atomic E-state index is -2.49. The summed E-state index contributed by atoms with van der Waals surface area (Å²) in [4.78, 5) is 0. The molecule has 1 nitrogen and oxygen atoms in total. The van der Waals surface area contributed by atoms with Crippen molar-refractivity contribution in [3.05, 3.63) is 0 Å². The molecule has 0 aromatic carbocycles. The van der Waals surface area contributed by atoms with Crippen molar-refractivity contribution in [2.24, 2.45) is 11.3 Å². The Kier molecular flexibility index (Phi) is 3.47. The van der Waals surface area contributed by atoms with Crippen LogP contribution in [0.25, 0.3) is 0 Å². The third-order valence-corrected chi connectivity index (χ3v) is 4.10. The van der Waals surface area contributed by atoms with Crippen molar-refractivity contribution in [1.82, 2.24) is 0 Å². The molecule has 0 saturated heterocycles. The molecule has 0 aromatic heterocycles. The number of alkyl halides is 2. The van der Waals surface area contributed by atoms with Gasteiger partial charge in [-0.3, -0.25) is 0 Å². The van der Waals surface area contributed by atoms with Crippen molar-refractivity contribution >= 4 is 12.6 Å². The molecule has 0 amide bonds. The van der Waals surface area contributed by atoms with E-state index in [1.54, 1.807) is 0 Å². The molecule has 84 valence electrons. The van der Waals surface area contributed by atoms with Crippen LogP contribution in [0.1, 0.15) is 39.5 Å². The first-order valence-electron chi connectivity index (χ1n) is 5.00. The number of hydrogen-bond acceptors (Lipinski definition) is 2. The number of aliphatic hydroxyl groups excluding tert-OH is 1. The van der Waals surface area contributed by atoms with Crippen LogP contribution in [0.4, 0.5) is 8.78 Å². The molecule has 1 aliphatic carbocycles. The number of hydrogen-bond donors (Lipinski definition) is 2. The Bertz CT molecular complexity index is 194. The first-order chi connectivity index (χ1) is 6.26. The first kappa shape index (κ1) is 12.2. The van der Waals surface area contributed by atoms with Gasteiger partial charge in [-0.05, 0) is 18.8 Å². The summed E-state index contributed by atoms with van der Waals surface area (Å²) < 4.78 is 25.8. The molecular formula is C10H18F2OS. The standard InChI is InChI=1S/C10H18F2OS/c1-9(2,8(13)14)7-3-5-10(11,12)6-4-7/h7-8,13-14H,3-6H2,1-2H3. The highest BCUT2D eigenvalue weighted by Gasteiger charge is 2.42. The second kappa shape index (κ2) is 3.97. The van der Waals surface area contributed by atoms with Crippen molar-refractivity contribution < 1.29 is 13.9 Å². The predicted molar refractivity (Wildman–Crippen MR) is 55.7 cm³/mol. The van der Waals surface area contributed by atoms with Crippen molar-refractivity contribution in [1.29, 1.82) is 0 Å². The fourth-order valence-corrected chi connectivity index (χ4v) is 2.21. The van der Waals surface area contributed by atoms with Gasteiger partial charge < -0.3 is 5.11 Å². The maximum absolute atomic E-state index is 12.9. The van der Waals surface area contributed by atoms with Crippen molar-refractivity contribution in [3.8, 4) is 0 Å². The van der Waals surface area contributed by atoms with Gasteiger partial charge in [-0.2, -0.15) is 0 Å². The minimum Gasteiger partial charge on any atom is -0.382 e. The predicted octanol–water partition coefficient (Wildman–Crippen LogP) is 3.09. The van der Waals surface area contributed by atoms with Gasteiger partial charge in [0, 0.05) is 18.3 Å². The second-order valence-electron chi connectivity index (χ2n) is 4.83. The number of rotatable bonds is 2. The number of halogens is 2. The summed E-state index contributed by atoms with van der Waals surface area (Å²) in [5.41, 5.74) is -1.11. The lowest BCUT2D eigenvalue weighted by molar-refractivity contribution is -0.0693. The number of thiol groups is 1. The van der Waals surface area contributed by atoms with Gasteiger partial charge in [0.25, 0.3) is 0 Å². The molecular weight excluding hydrogens is 206 g/mol. The molecule has 1 atom stereocenters. The Morgan fingerprint density at radius 2 is 1.79 bits per heavy atom. The Morgan fingerprint density at radius 3 is 2.14 bits per heavy atom. The molecule has 0 aromatic rings. The zero-order valence-corrected chi connectivity index (χ0v) is 9.53. The Hall–Kier alpha value is 0.170. The van der Waals surface area contributed by atoms with E-state index in [-0.39, 0.29) is 24.2 Å². The Labute approximate surface area is 89.3 Å². The average Bonchev–Trinajstić information content (AvgIpc) is 2.03. The lowest BCUT2D eigenvalue weighted by Gasteiger charge is -2.40. The summed E-state index contributed by atoms with van der Waals surface area (Å²) in [6.45, 7) is 3.78. The van der Waals surface area contributed by atoms with Crippen LogP contribution in [0.3, 0.4) is 0 Å². The molecule has 0 radical (unpaired) electrons. The third kappa shape index (κ3) is 2.60. The van der Waals surface area contributed by atoms with E-state index < -0.39 is 11.4 Å². The highest BCUT2D eigenvalue weighted by Crippen LogP contribution is 2.45. The molecule has 0 spiro atoms. The zero-order chi connectivity index (χ0) is 11.0. The number of aliphatic hydroxyl groups is 1. The van der Waals surface area contributed by atoms with Gasteiger partial charge in [0.2, 0.25) is 5.92 Å². The first-order valence-corrected chi connectivity index (χ1v) is 5.51. The van der Waals surface area contributed by atoms with Gasteiger partial charge in [0.05, 0.1) is 0 Å². The van der Waals surface area contributed by atoms with Crippen LogP contribution in [0, 0.1) is 11.3 Å².